The van der Waals surface area contributed by atoms with Crippen molar-refractivity contribution in [2.75, 3.05) is 25.6 Å². The minimum Gasteiger partial charge on any atom is -0.497 e. The van der Waals surface area contributed by atoms with Crippen molar-refractivity contribution in [2.45, 2.75) is 12.8 Å². The lowest BCUT2D eigenvalue weighted by Gasteiger charge is -2.16. The second-order valence-electron chi connectivity index (χ2n) is 6.30. The van der Waals surface area contributed by atoms with Gasteiger partial charge in [0, 0.05) is 0 Å². The number of hydrogen-bond acceptors (Lipinski definition) is 4. The number of methoxy groups -OCH3 is 1. The van der Waals surface area contributed by atoms with Crippen molar-refractivity contribution in [3.8, 4) is 11.5 Å². The van der Waals surface area contributed by atoms with Crippen LogP contribution >= 0.6 is 0 Å². The Morgan fingerprint density at radius 1 is 1.04 bits per heavy atom. The van der Waals surface area contributed by atoms with Gasteiger partial charge in [-0.05, 0) is 49.2 Å². The summed E-state index contributed by atoms with van der Waals surface area (Å²) in [5, 5.41) is 5.22. The first-order valence-electron chi connectivity index (χ1n) is 8.66. The van der Waals surface area contributed by atoms with E-state index >= 15 is 0 Å². The fourth-order valence-corrected chi connectivity index (χ4v) is 2.66. The zero-order valence-electron chi connectivity index (χ0n) is 15.0. The molecule has 1 saturated carbocycles. The summed E-state index contributed by atoms with van der Waals surface area (Å²) in [6.07, 6.45) is 0.886. The summed E-state index contributed by atoms with van der Waals surface area (Å²) in [5.74, 6) is 0.00136. The SMILES string of the molecule is COc1ccc(OCCNC(=O)C2(C(=O)Nc3ccccc3F)CC2)cc1. The molecule has 0 heterocycles. The van der Waals surface area contributed by atoms with Gasteiger partial charge in [-0.2, -0.15) is 0 Å². The fraction of sp³-hybridized carbons (Fsp3) is 0.300. The lowest BCUT2D eigenvalue weighted by Crippen LogP contribution is -2.41. The molecule has 27 heavy (non-hydrogen) atoms. The van der Waals surface area contributed by atoms with Crippen LogP contribution in [0.3, 0.4) is 0 Å². The van der Waals surface area contributed by atoms with Crippen LogP contribution in [-0.4, -0.2) is 32.1 Å². The summed E-state index contributed by atoms with van der Waals surface area (Å²) >= 11 is 0. The number of benzene rings is 2. The zero-order chi connectivity index (χ0) is 19.3. The highest BCUT2D eigenvalue weighted by molar-refractivity contribution is 6.13. The average Bonchev–Trinajstić information content (AvgIpc) is 3.49. The molecule has 1 aliphatic carbocycles. The molecule has 2 amide bonds. The van der Waals surface area contributed by atoms with Crippen molar-refractivity contribution in [1.82, 2.24) is 5.32 Å². The minimum atomic E-state index is -1.12. The summed E-state index contributed by atoms with van der Waals surface area (Å²) in [6, 6.07) is 13.0. The van der Waals surface area contributed by atoms with Gasteiger partial charge < -0.3 is 20.1 Å². The van der Waals surface area contributed by atoms with Crippen molar-refractivity contribution in [2.24, 2.45) is 5.41 Å². The van der Waals surface area contributed by atoms with Gasteiger partial charge in [0.05, 0.1) is 19.3 Å². The first-order chi connectivity index (χ1) is 13.0. The number of amides is 2. The molecular weight excluding hydrogens is 351 g/mol. The second-order valence-corrected chi connectivity index (χ2v) is 6.30. The summed E-state index contributed by atoms with van der Waals surface area (Å²) in [7, 11) is 1.58. The number of anilines is 1. The molecule has 2 N–H and O–H groups in total. The van der Waals surface area contributed by atoms with Gasteiger partial charge in [0.15, 0.2) is 0 Å². The summed E-state index contributed by atoms with van der Waals surface area (Å²) in [4.78, 5) is 24.8. The molecular formula is C20H21FN2O4. The van der Waals surface area contributed by atoms with Crippen LogP contribution < -0.4 is 20.1 Å². The quantitative estimate of drug-likeness (QED) is 0.552. The molecule has 0 saturated heterocycles. The van der Waals surface area contributed by atoms with E-state index in [1.165, 1.54) is 18.2 Å². The molecule has 0 radical (unpaired) electrons. The highest BCUT2D eigenvalue weighted by atomic mass is 19.1. The maximum absolute atomic E-state index is 13.7. The monoisotopic (exact) mass is 372 g/mol. The Morgan fingerprint density at radius 2 is 1.70 bits per heavy atom. The molecule has 0 spiro atoms. The van der Waals surface area contributed by atoms with Gasteiger partial charge >= 0.3 is 0 Å². The van der Waals surface area contributed by atoms with Crippen LogP contribution in [0.25, 0.3) is 0 Å². The molecule has 0 bridgehead atoms. The molecule has 0 aliphatic heterocycles. The molecule has 0 unspecified atom stereocenters. The molecule has 1 aliphatic rings. The lowest BCUT2D eigenvalue weighted by atomic mass is 10.1. The van der Waals surface area contributed by atoms with Crippen LogP contribution in [0.2, 0.25) is 0 Å². The number of rotatable bonds is 8. The Labute approximate surface area is 156 Å². The number of halogens is 1. The molecule has 6 nitrogen and oxygen atoms in total. The van der Waals surface area contributed by atoms with Gasteiger partial charge in [-0.3, -0.25) is 9.59 Å². The predicted octanol–water partition coefficient (Wildman–Crippen LogP) is 2.75. The number of carbonyl (C=O) groups excluding carboxylic acids is 2. The zero-order valence-corrected chi connectivity index (χ0v) is 15.0. The molecule has 0 aromatic heterocycles. The van der Waals surface area contributed by atoms with E-state index in [-0.39, 0.29) is 24.7 Å². The highest BCUT2D eigenvalue weighted by Gasteiger charge is 2.56. The Kier molecular flexibility index (Phi) is 5.59. The molecule has 3 rings (SSSR count). The van der Waals surface area contributed by atoms with E-state index in [9.17, 15) is 14.0 Å². The first-order valence-corrected chi connectivity index (χ1v) is 8.66. The van der Waals surface area contributed by atoms with Crippen molar-refractivity contribution in [3.05, 3.63) is 54.3 Å². The van der Waals surface area contributed by atoms with Crippen LogP contribution in [-0.2, 0) is 9.59 Å². The van der Waals surface area contributed by atoms with Crippen molar-refractivity contribution < 1.29 is 23.5 Å². The summed E-state index contributed by atoms with van der Waals surface area (Å²) < 4.78 is 24.3. The number of ether oxygens (including phenoxy) is 2. The molecule has 142 valence electrons. The topological polar surface area (TPSA) is 76.7 Å². The number of hydrogen-bond donors (Lipinski definition) is 2. The Morgan fingerprint density at radius 3 is 2.33 bits per heavy atom. The minimum absolute atomic E-state index is 0.0735. The number of carbonyl (C=O) groups is 2. The molecule has 7 heteroatoms. The number of nitrogens with one attached hydrogen (secondary N) is 2. The third kappa shape index (κ3) is 4.36. The molecule has 0 atom stereocenters. The van der Waals surface area contributed by atoms with Crippen LogP contribution in [0.4, 0.5) is 10.1 Å². The maximum Gasteiger partial charge on any atom is 0.240 e. The Hall–Kier alpha value is -3.09. The van der Waals surface area contributed by atoms with Gasteiger partial charge in [-0.1, -0.05) is 12.1 Å². The van der Waals surface area contributed by atoms with Gasteiger partial charge in [-0.15, -0.1) is 0 Å². The van der Waals surface area contributed by atoms with Gasteiger partial charge in [0.2, 0.25) is 11.8 Å². The van der Waals surface area contributed by atoms with E-state index in [1.807, 2.05) is 0 Å². The normalized spacial score (nSPS) is 14.1. The fourth-order valence-electron chi connectivity index (χ4n) is 2.66. The van der Waals surface area contributed by atoms with E-state index < -0.39 is 17.1 Å². The van der Waals surface area contributed by atoms with Crippen molar-refractivity contribution in [3.63, 3.8) is 0 Å². The van der Waals surface area contributed by atoms with Crippen LogP contribution in [0.15, 0.2) is 48.5 Å². The van der Waals surface area contributed by atoms with Crippen LogP contribution in [0.1, 0.15) is 12.8 Å². The average molecular weight is 372 g/mol. The second kappa shape index (κ2) is 8.07. The van der Waals surface area contributed by atoms with E-state index in [4.69, 9.17) is 9.47 Å². The van der Waals surface area contributed by atoms with E-state index in [2.05, 4.69) is 10.6 Å². The van der Waals surface area contributed by atoms with Crippen molar-refractivity contribution >= 4 is 17.5 Å². The van der Waals surface area contributed by atoms with Crippen molar-refractivity contribution in [1.29, 1.82) is 0 Å². The van der Waals surface area contributed by atoms with E-state index in [0.29, 0.717) is 18.6 Å². The lowest BCUT2D eigenvalue weighted by molar-refractivity contribution is -0.134. The smallest absolute Gasteiger partial charge is 0.240 e. The largest absolute Gasteiger partial charge is 0.497 e. The third-order valence-corrected chi connectivity index (χ3v) is 4.46. The van der Waals surface area contributed by atoms with E-state index in [1.54, 1.807) is 37.4 Å². The number of para-hydroxylation sites is 1. The summed E-state index contributed by atoms with van der Waals surface area (Å²) in [5.41, 5.74) is -1.05. The maximum atomic E-state index is 13.7. The van der Waals surface area contributed by atoms with Gasteiger partial charge in [-0.25, -0.2) is 4.39 Å². The molecule has 2 aromatic carbocycles. The van der Waals surface area contributed by atoms with Gasteiger partial charge in [0.1, 0.15) is 29.3 Å². The van der Waals surface area contributed by atoms with Gasteiger partial charge in [0.25, 0.3) is 0 Å². The Bertz CT molecular complexity index is 819. The first kappa shape index (κ1) is 18.7. The molecule has 2 aromatic rings. The van der Waals surface area contributed by atoms with Crippen LogP contribution in [0, 0.1) is 11.2 Å². The standard InChI is InChI=1S/C20H21FN2O4/c1-26-14-6-8-15(9-7-14)27-13-12-22-18(24)20(10-11-20)19(25)23-17-5-3-2-4-16(17)21/h2-9H,10-13H2,1H3,(H,22,24)(H,23,25). The highest BCUT2D eigenvalue weighted by Crippen LogP contribution is 2.46. The predicted molar refractivity (Wildman–Crippen MR) is 98.2 cm³/mol. The Balaban J connectivity index is 1.47. The molecule has 1 fully saturated rings. The third-order valence-electron chi connectivity index (χ3n) is 4.46. The summed E-state index contributed by atoms with van der Waals surface area (Å²) in [6.45, 7) is 0.530. The van der Waals surface area contributed by atoms with Crippen LogP contribution in [0.5, 0.6) is 11.5 Å². The van der Waals surface area contributed by atoms with E-state index in [0.717, 1.165) is 5.75 Å².